The second-order valence-corrected chi connectivity index (χ2v) is 6.94. The summed E-state index contributed by atoms with van der Waals surface area (Å²) in [5.74, 6) is 0.827. The molecule has 1 saturated heterocycles. The number of fused-ring (bicyclic) bond motifs is 2. The lowest BCUT2D eigenvalue weighted by Gasteiger charge is -2.16. The van der Waals surface area contributed by atoms with Gasteiger partial charge in [-0.3, -0.25) is 4.98 Å². The van der Waals surface area contributed by atoms with Gasteiger partial charge in [-0.05, 0) is 43.2 Å². The van der Waals surface area contributed by atoms with Crippen molar-refractivity contribution in [3.63, 3.8) is 0 Å². The predicted octanol–water partition coefficient (Wildman–Crippen LogP) is 4.39. The van der Waals surface area contributed by atoms with Crippen molar-refractivity contribution in [3.8, 4) is 5.75 Å². The van der Waals surface area contributed by atoms with Crippen LogP contribution in [0.15, 0.2) is 55.1 Å². The summed E-state index contributed by atoms with van der Waals surface area (Å²) in [4.78, 5) is 12.7. The molecule has 0 spiro atoms. The molecule has 0 saturated carbocycles. The highest BCUT2D eigenvalue weighted by molar-refractivity contribution is 6.33. The van der Waals surface area contributed by atoms with Gasteiger partial charge in [-0.25, -0.2) is 9.97 Å². The molecule has 7 heteroatoms. The topological polar surface area (TPSA) is 62.1 Å². The fourth-order valence-electron chi connectivity index (χ4n) is 3.52. The maximum absolute atomic E-state index is 6.19. The Morgan fingerprint density at radius 3 is 3.07 bits per heavy atom. The van der Waals surface area contributed by atoms with Crippen LogP contribution in [0, 0.1) is 0 Å². The van der Waals surface area contributed by atoms with E-state index in [9.17, 15) is 0 Å². The Balaban J connectivity index is 1.27. The molecule has 1 aliphatic heterocycles. The predicted molar refractivity (Wildman–Crippen MR) is 103 cm³/mol. The van der Waals surface area contributed by atoms with E-state index in [-0.39, 0.29) is 12.3 Å². The second kappa shape index (κ2) is 6.79. The van der Waals surface area contributed by atoms with E-state index in [0.717, 1.165) is 40.5 Å². The Morgan fingerprint density at radius 2 is 2.11 bits per heavy atom. The largest absolute Gasteiger partial charge is 0.491 e. The molecule has 4 heterocycles. The van der Waals surface area contributed by atoms with Crippen LogP contribution in [0.4, 0.5) is 0 Å². The third kappa shape index (κ3) is 3.11. The maximum atomic E-state index is 6.19. The van der Waals surface area contributed by atoms with E-state index in [1.165, 1.54) is 6.33 Å². The smallest absolute Gasteiger partial charge is 0.146 e. The molecule has 2 atom stereocenters. The van der Waals surface area contributed by atoms with Gasteiger partial charge in [-0.15, -0.1) is 0 Å². The normalized spacial score (nSPS) is 19.7. The third-order valence-corrected chi connectivity index (χ3v) is 5.17. The van der Waals surface area contributed by atoms with Gasteiger partial charge in [0.15, 0.2) is 0 Å². The number of ether oxygens (including phenoxy) is 2. The van der Waals surface area contributed by atoms with Crippen molar-refractivity contribution in [1.29, 1.82) is 0 Å². The van der Waals surface area contributed by atoms with Gasteiger partial charge < -0.3 is 14.0 Å². The minimum Gasteiger partial charge on any atom is -0.491 e. The van der Waals surface area contributed by atoms with E-state index in [0.29, 0.717) is 11.8 Å². The Hall–Kier alpha value is -2.70. The van der Waals surface area contributed by atoms with Crippen molar-refractivity contribution in [2.45, 2.75) is 25.2 Å². The number of nitrogens with zero attached hydrogens (tertiary/aromatic N) is 4. The van der Waals surface area contributed by atoms with Crippen LogP contribution in [0.5, 0.6) is 5.75 Å². The Labute approximate surface area is 160 Å². The van der Waals surface area contributed by atoms with Crippen molar-refractivity contribution in [2.24, 2.45) is 0 Å². The van der Waals surface area contributed by atoms with Gasteiger partial charge >= 0.3 is 0 Å². The van der Waals surface area contributed by atoms with Crippen LogP contribution >= 0.6 is 11.6 Å². The molecule has 0 unspecified atom stereocenters. The van der Waals surface area contributed by atoms with Crippen LogP contribution in [0.2, 0.25) is 5.15 Å². The van der Waals surface area contributed by atoms with Gasteiger partial charge in [-0.1, -0.05) is 17.7 Å². The SMILES string of the molecule is Clc1ncnc2c1ccn2[C@H]1CC[C@@H](COc2ccc3ncccc3c2)O1. The molecule has 0 bridgehead atoms. The number of aromatic nitrogens is 4. The van der Waals surface area contributed by atoms with Crippen LogP contribution in [-0.4, -0.2) is 32.2 Å². The second-order valence-electron chi connectivity index (χ2n) is 6.58. The molecule has 1 aromatic carbocycles. The quantitative estimate of drug-likeness (QED) is 0.491. The van der Waals surface area contributed by atoms with Crippen LogP contribution < -0.4 is 4.74 Å². The Bertz CT molecular complexity index is 1110. The number of hydrogen-bond acceptors (Lipinski definition) is 5. The minimum absolute atomic E-state index is 0.0364. The molecule has 0 amide bonds. The lowest BCUT2D eigenvalue weighted by molar-refractivity contribution is -0.0156. The first kappa shape index (κ1) is 16.5. The average Bonchev–Trinajstić information content (AvgIpc) is 3.33. The van der Waals surface area contributed by atoms with Gasteiger partial charge in [0, 0.05) is 17.8 Å². The number of rotatable bonds is 4. The summed E-state index contributed by atoms with van der Waals surface area (Å²) in [6.45, 7) is 0.511. The fourth-order valence-corrected chi connectivity index (χ4v) is 3.71. The molecule has 0 N–H and O–H groups in total. The van der Waals surface area contributed by atoms with Crippen LogP contribution in [0.25, 0.3) is 21.9 Å². The Morgan fingerprint density at radius 1 is 1.15 bits per heavy atom. The standard InChI is InChI=1S/C20H17ClN4O2/c21-19-16-7-9-25(20(16)24-12-23-19)18-6-4-15(27-18)11-26-14-3-5-17-13(10-14)2-1-8-22-17/h1-3,5,7-10,12,15,18H,4,6,11H2/t15-,18+/m0/s1. The van der Waals surface area contributed by atoms with E-state index >= 15 is 0 Å². The highest BCUT2D eigenvalue weighted by Gasteiger charge is 2.28. The third-order valence-electron chi connectivity index (χ3n) is 4.87. The molecule has 6 nitrogen and oxygen atoms in total. The lowest BCUT2D eigenvalue weighted by Crippen LogP contribution is -2.18. The summed E-state index contributed by atoms with van der Waals surface area (Å²) in [7, 11) is 0. The van der Waals surface area contributed by atoms with Gasteiger partial charge in [0.25, 0.3) is 0 Å². The molecule has 136 valence electrons. The van der Waals surface area contributed by atoms with Crippen LogP contribution in [-0.2, 0) is 4.74 Å². The van der Waals surface area contributed by atoms with E-state index in [4.69, 9.17) is 21.1 Å². The molecule has 0 aliphatic carbocycles. The van der Waals surface area contributed by atoms with E-state index < -0.39 is 0 Å². The fraction of sp³-hybridized carbons (Fsp3) is 0.250. The summed E-state index contributed by atoms with van der Waals surface area (Å²) in [6.07, 6.45) is 7.02. The summed E-state index contributed by atoms with van der Waals surface area (Å²) >= 11 is 6.14. The number of hydrogen-bond donors (Lipinski definition) is 0. The van der Waals surface area contributed by atoms with Crippen LogP contribution in [0.1, 0.15) is 19.1 Å². The lowest BCUT2D eigenvalue weighted by atomic mass is 10.2. The molecular formula is C20H17ClN4O2. The zero-order chi connectivity index (χ0) is 18.2. The summed E-state index contributed by atoms with van der Waals surface area (Å²) < 4.78 is 14.2. The number of benzene rings is 1. The highest BCUT2D eigenvalue weighted by Crippen LogP contribution is 2.32. The summed E-state index contributed by atoms with van der Waals surface area (Å²) in [5, 5.41) is 2.37. The van der Waals surface area contributed by atoms with Crippen molar-refractivity contribution < 1.29 is 9.47 Å². The molecule has 27 heavy (non-hydrogen) atoms. The molecule has 1 aliphatic rings. The van der Waals surface area contributed by atoms with E-state index in [1.807, 2.05) is 47.2 Å². The molecular weight excluding hydrogens is 364 g/mol. The average molecular weight is 381 g/mol. The van der Waals surface area contributed by atoms with E-state index in [2.05, 4.69) is 15.0 Å². The molecule has 1 fully saturated rings. The van der Waals surface area contributed by atoms with Gasteiger partial charge in [0.05, 0.1) is 17.0 Å². The monoisotopic (exact) mass is 380 g/mol. The number of pyridine rings is 1. The first-order valence-electron chi connectivity index (χ1n) is 8.88. The minimum atomic E-state index is -0.0668. The van der Waals surface area contributed by atoms with Gasteiger partial charge in [-0.2, -0.15) is 0 Å². The van der Waals surface area contributed by atoms with Crippen molar-refractivity contribution in [1.82, 2.24) is 19.5 Å². The molecule has 4 aromatic rings. The van der Waals surface area contributed by atoms with Gasteiger partial charge in [0.2, 0.25) is 0 Å². The van der Waals surface area contributed by atoms with Crippen molar-refractivity contribution in [3.05, 3.63) is 60.3 Å². The maximum Gasteiger partial charge on any atom is 0.146 e. The zero-order valence-electron chi connectivity index (χ0n) is 14.5. The van der Waals surface area contributed by atoms with Crippen LogP contribution in [0.3, 0.4) is 0 Å². The molecule has 0 radical (unpaired) electrons. The zero-order valence-corrected chi connectivity index (χ0v) is 15.2. The number of halogens is 1. The summed E-state index contributed by atoms with van der Waals surface area (Å²) in [5.41, 5.74) is 1.76. The molecule has 3 aromatic heterocycles. The Kier molecular flexibility index (Phi) is 4.14. The van der Waals surface area contributed by atoms with Gasteiger partial charge in [0.1, 0.15) is 35.7 Å². The van der Waals surface area contributed by atoms with E-state index in [1.54, 1.807) is 6.20 Å². The van der Waals surface area contributed by atoms with Crippen molar-refractivity contribution >= 4 is 33.5 Å². The first-order valence-corrected chi connectivity index (χ1v) is 9.26. The highest BCUT2D eigenvalue weighted by atomic mass is 35.5. The van der Waals surface area contributed by atoms with Crippen molar-refractivity contribution in [2.75, 3.05) is 6.61 Å². The molecule has 5 rings (SSSR count). The first-order chi connectivity index (χ1) is 13.3. The summed E-state index contributed by atoms with van der Waals surface area (Å²) in [6, 6.07) is 11.8.